The third-order valence-corrected chi connectivity index (χ3v) is 5.63. The lowest BCUT2D eigenvalue weighted by Gasteiger charge is -2.31. The maximum Gasteiger partial charge on any atom is 0.172 e. The molecular formula is C25H28O5. The van der Waals surface area contributed by atoms with Crippen molar-refractivity contribution in [3.63, 3.8) is 0 Å². The van der Waals surface area contributed by atoms with Gasteiger partial charge in [-0.2, -0.15) is 0 Å². The molecular weight excluding hydrogens is 380 g/mol. The third kappa shape index (κ3) is 3.54. The van der Waals surface area contributed by atoms with E-state index in [9.17, 15) is 0 Å². The minimum atomic E-state index is -0.0370. The first-order valence-corrected chi connectivity index (χ1v) is 10.2. The topological polar surface area (TPSA) is 46.2 Å². The molecule has 1 heterocycles. The molecule has 30 heavy (non-hydrogen) atoms. The van der Waals surface area contributed by atoms with Crippen LogP contribution < -0.4 is 18.9 Å². The molecule has 0 bridgehead atoms. The van der Waals surface area contributed by atoms with Gasteiger partial charge in [0.15, 0.2) is 11.5 Å². The number of ether oxygens (including phenoxy) is 5. The van der Waals surface area contributed by atoms with Gasteiger partial charge in [-0.3, -0.25) is 0 Å². The van der Waals surface area contributed by atoms with E-state index < -0.39 is 0 Å². The lowest BCUT2D eigenvalue weighted by molar-refractivity contribution is -0.00537. The first-order valence-electron chi connectivity index (χ1n) is 10.2. The number of fused-ring (bicyclic) bond motifs is 2. The molecule has 3 aromatic rings. The summed E-state index contributed by atoms with van der Waals surface area (Å²) >= 11 is 0. The van der Waals surface area contributed by atoms with E-state index in [4.69, 9.17) is 23.7 Å². The van der Waals surface area contributed by atoms with E-state index in [-0.39, 0.29) is 12.2 Å². The largest absolute Gasteiger partial charge is 0.496 e. The van der Waals surface area contributed by atoms with Crippen LogP contribution in [0.1, 0.15) is 36.6 Å². The quantitative estimate of drug-likeness (QED) is 0.541. The van der Waals surface area contributed by atoms with Gasteiger partial charge in [0, 0.05) is 23.4 Å². The van der Waals surface area contributed by atoms with Gasteiger partial charge in [0.25, 0.3) is 0 Å². The molecule has 0 amide bonds. The molecule has 1 aliphatic heterocycles. The molecule has 0 N–H and O–H groups in total. The van der Waals surface area contributed by atoms with Crippen molar-refractivity contribution in [2.75, 3.05) is 21.3 Å². The van der Waals surface area contributed by atoms with Crippen molar-refractivity contribution in [1.82, 2.24) is 0 Å². The number of hydrogen-bond acceptors (Lipinski definition) is 5. The Bertz CT molecular complexity index is 1040. The van der Waals surface area contributed by atoms with E-state index >= 15 is 0 Å². The molecule has 0 saturated heterocycles. The molecule has 3 aromatic carbocycles. The first-order chi connectivity index (χ1) is 14.6. The van der Waals surface area contributed by atoms with Crippen molar-refractivity contribution in [2.45, 2.75) is 39.1 Å². The average molecular weight is 408 g/mol. The zero-order valence-electron chi connectivity index (χ0n) is 18.2. The zero-order valence-corrected chi connectivity index (χ0v) is 18.2. The summed E-state index contributed by atoms with van der Waals surface area (Å²) in [6.45, 7) is 4.63. The van der Waals surface area contributed by atoms with Crippen LogP contribution >= 0.6 is 0 Å². The number of methoxy groups -OCH3 is 3. The highest BCUT2D eigenvalue weighted by atomic mass is 16.5. The second-order valence-electron chi connectivity index (χ2n) is 7.58. The van der Waals surface area contributed by atoms with Gasteiger partial charge in [0.1, 0.15) is 18.1 Å². The van der Waals surface area contributed by atoms with Crippen LogP contribution in [-0.4, -0.2) is 27.4 Å². The Kier molecular flexibility index (Phi) is 5.73. The van der Waals surface area contributed by atoms with E-state index in [1.54, 1.807) is 21.3 Å². The monoisotopic (exact) mass is 408 g/mol. The molecule has 4 rings (SSSR count). The van der Waals surface area contributed by atoms with Crippen LogP contribution in [0.3, 0.4) is 0 Å². The van der Waals surface area contributed by atoms with Gasteiger partial charge in [-0.25, -0.2) is 0 Å². The van der Waals surface area contributed by atoms with E-state index in [1.807, 2.05) is 24.3 Å². The van der Waals surface area contributed by atoms with E-state index in [0.717, 1.165) is 39.6 Å². The van der Waals surface area contributed by atoms with Gasteiger partial charge in [0.2, 0.25) is 0 Å². The SMILES string of the molecule is COc1cc(OC)c2cc3c(c(OCc4ccccc4)c2c1OC)CC(C)OC3C. The van der Waals surface area contributed by atoms with Gasteiger partial charge >= 0.3 is 0 Å². The minimum Gasteiger partial charge on any atom is -0.496 e. The van der Waals surface area contributed by atoms with E-state index in [0.29, 0.717) is 23.9 Å². The van der Waals surface area contributed by atoms with Crippen LogP contribution in [0.25, 0.3) is 10.8 Å². The molecule has 0 fully saturated rings. The van der Waals surface area contributed by atoms with Crippen molar-refractivity contribution in [3.8, 4) is 23.0 Å². The van der Waals surface area contributed by atoms with E-state index in [1.165, 1.54) is 0 Å². The third-order valence-electron chi connectivity index (χ3n) is 5.63. The first kappa shape index (κ1) is 20.4. The van der Waals surface area contributed by atoms with Crippen molar-refractivity contribution in [2.24, 2.45) is 0 Å². The van der Waals surface area contributed by atoms with Gasteiger partial charge < -0.3 is 23.7 Å². The molecule has 0 aromatic heterocycles. The minimum absolute atomic E-state index is 0.0370. The lowest BCUT2D eigenvalue weighted by Crippen LogP contribution is -2.23. The van der Waals surface area contributed by atoms with Crippen LogP contribution in [0.2, 0.25) is 0 Å². The van der Waals surface area contributed by atoms with Gasteiger partial charge in [-0.1, -0.05) is 30.3 Å². The highest BCUT2D eigenvalue weighted by Crippen LogP contribution is 2.50. The fraction of sp³-hybridized carbons (Fsp3) is 0.360. The normalized spacial score (nSPS) is 18.0. The van der Waals surface area contributed by atoms with Gasteiger partial charge in [-0.05, 0) is 31.0 Å². The average Bonchev–Trinajstić information content (AvgIpc) is 2.76. The number of hydrogen-bond donors (Lipinski definition) is 0. The molecule has 5 nitrogen and oxygen atoms in total. The van der Waals surface area contributed by atoms with Crippen LogP contribution in [0.5, 0.6) is 23.0 Å². The smallest absolute Gasteiger partial charge is 0.172 e. The summed E-state index contributed by atoms with van der Waals surface area (Å²) in [5, 5.41) is 1.78. The molecule has 0 saturated carbocycles. The van der Waals surface area contributed by atoms with Crippen LogP contribution in [0.15, 0.2) is 42.5 Å². The van der Waals surface area contributed by atoms with E-state index in [2.05, 4.69) is 32.0 Å². The predicted molar refractivity (Wildman–Crippen MR) is 117 cm³/mol. The Labute approximate surface area is 177 Å². The summed E-state index contributed by atoms with van der Waals surface area (Å²) in [6, 6.07) is 14.1. The van der Waals surface area contributed by atoms with Gasteiger partial charge in [-0.15, -0.1) is 0 Å². The molecule has 1 aliphatic rings. The van der Waals surface area contributed by atoms with Crippen molar-refractivity contribution >= 4 is 10.8 Å². The molecule has 2 atom stereocenters. The molecule has 0 radical (unpaired) electrons. The summed E-state index contributed by atoms with van der Waals surface area (Å²) in [5.74, 6) is 2.77. The number of benzene rings is 3. The summed E-state index contributed by atoms with van der Waals surface area (Å²) in [7, 11) is 4.94. The van der Waals surface area contributed by atoms with Gasteiger partial charge in [0.05, 0.1) is 38.9 Å². The second-order valence-corrected chi connectivity index (χ2v) is 7.58. The lowest BCUT2D eigenvalue weighted by atomic mass is 9.90. The standard InChI is InChI=1S/C25H28O5/c1-15-11-19-18(16(2)30-15)12-20-21(26-3)13-22(27-4)25(28-5)23(20)24(19)29-14-17-9-7-6-8-10-17/h6-10,12-13,15-16H,11,14H2,1-5H3. The van der Waals surface area contributed by atoms with Crippen LogP contribution in [0, 0.1) is 0 Å². The Balaban J connectivity index is 1.99. The number of rotatable bonds is 6. The summed E-state index contributed by atoms with van der Waals surface area (Å²) in [4.78, 5) is 0. The maximum atomic E-state index is 6.50. The highest BCUT2D eigenvalue weighted by molar-refractivity contribution is 6.01. The predicted octanol–water partition coefficient (Wildman–Crippen LogP) is 5.47. The van der Waals surface area contributed by atoms with Crippen molar-refractivity contribution in [1.29, 1.82) is 0 Å². The summed E-state index contributed by atoms with van der Waals surface area (Å²) < 4.78 is 29.7. The molecule has 5 heteroatoms. The zero-order chi connectivity index (χ0) is 21.3. The molecule has 158 valence electrons. The Morgan fingerprint density at radius 1 is 0.900 bits per heavy atom. The fourth-order valence-corrected chi connectivity index (χ4v) is 4.27. The van der Waals surface area contributed by atoms with Crippen molar-refractivity contribution < 1.29 is 23.7 Å². The van der Waals surface area contributed by atoms with Crippen LogP contribution in [0.4, 0.5) is 0 Å². The fourth-order valence-electron chi connectivity index (χ4n) is 4.27. The summed E-state index contributed by atoms with van der Waals surface area (Å²) in [5.41, 5.74) is 3.37. The molecule has 0 aliphatic carbocycles. The Morgan fingerprint density at radius 2 is 1.63 bits per heavy atom. The highest BCUT2D eigenvalue weighted by Gasteiger charge is 2.30. The maximum absolute atomic E-state index is 6.50. The molecule has 2 unspecified atom stereocenters. The Morgan fingerprint density at radius 3 is 2.30 bits per heavy atom. The summed E-state index contributed by atoms with van der Waals surface area (Å²) in [6.07, 6.45) is 0.829. The van der Waals surface area contributed by atoms with Crippen LogP contribution in [-0.2, 0) is 17.8 Å². The Hall–Kier alpha value is -2.92. The molecule has 0 spiro atoms. The second kappa shape index (κ2) is 8.44. The van der Waals surface area contributed by atoms with Crippen molar-refractivity contribution in [3.05, 3.63) is 59.2 Å².